The van der Waals surface area contributed by atoms with Crippen LogP contribution in [0.2, 0.25) is 10.0 Å². The molecular formula is C14H13BrCl2N2. The van der Waals surface area contributed by atoms with Gasteiger partial charge in [0.1, 0.15) is 0 Å². The number of nitrogens with one attached hydrogen (secondary N) is 1. The Labute approximate surface area is 131 Å². The standard InChI is InChI=1S/C14H13BrCl2N2/c1-2-8-5-9(15)3-4-13(8)19-14-11(16)6-10(18)7-12(14)17/h3-7,19H,2,18H2,1H3. The van der Waals surface area contributed by atoms with E-state index in [1.54, 1.807) is 12.1 Å². The summed E-state index contributed by atoms with van der Waals surface area (Å²) in [5.74, 6) is 0. The van der Waals surface area contributed by atoms with Gasteiger partial charge in [-0.1, -0.05) is 46.1 Å². The van der Waals surface area contributed by atoms with E-state index in [1.807, 2.05) is 12.1 Å². The normalized spacial score (nSPS) is 10.5. The summed E-state index contributed by atoms with van der Waals surface area (Å²) in [7, 11) is 0. The molecule has 0 amide bonds. The zero-order chi connectivity index (χ0) is 14.0. The molecule has 100 valence electrons. The summed E-state index contributed by atoms with van der Waals surface area (Å²) < 4.78 is 1.05. The molecule has 3 N–H and O–H groups in total. The van der Waals surface area contributed by atoms with Crippen molar-refractivity contribution in [2.45, 2.75) is 13.3 Å². The number of rotatable bonds is 3. The maximum absolute atomic E-state index is 6.18. The first-order chi connectivity index (χ1) is 9.01. The van der Waals surface area contributed by atoms with Crippen molar-refractivity contribution in [3.8, 4) is 0 Å². The lowest BCUT2D eigenvalue weighted by molar-refractivity contribution is 1.14. The fourth-order valence-corrected chi connectivity index (χ4v) is 2.83. The number of benzene rings is 2. The Morgan fingerprint density at radius 2 is 1.79 bits per heavy atom. The minimum Gasteiger partial charge on any atom is -0.399 e. The van der Waals surface area contributed by atoms with Crippen LogP contribution in [0.25, 0.3) is 0 Å². The van der Waals surface area contributed by atoms with Crippen molar-refractivity contribution in [3.05, 3.63) is 50.4 Å². The van der Waals surface area contributed by atoms with Crippen LogP contribution in [0.3, 0.4) is 0 Å². The van der Waals surface area contributed by atoms with Crippen LogP contribution in [0.4, 0.5) is 17.1 Å². The minimum atomic E-state index is 0.509. The summed E-state index contributed by atoms with van der Waals surface area (Å²) in [6.45, 7) is 2.10. The van der Waals surface area contributed by atoms with Gasteiger partial charge in [-0.3, -0.25) is 0 Å². The molecule has 19 heavy (non-hydrogen) atoms. The molecule has 0 aliphatic rings. The van der Waals surface area contributed by atoms with Gasteiger partial charge in [-0.25, -0.2) is 0 Å². The largest absolute Gasteiger partial charge is 0.399 e. The molecule has 2 aromatic carbocycles. The van der Waals surface area contributed by atoms with Gasteiger partial charge in [0.25, 0.3) is 0 Å². The maximum atomic E-state index is 6.18. The molecule has 0 saturated carbocycles. The number of aryl methyl sites for hydroxylation is 1. The topological polar surface area (TPSA) is 38.0 Å². The highest BCUT2D eigenvalue weighted by Crippen LogP contribution is 2.36. The van der Waals surface area contributed by atoms with Gasteiger partial charge in [0.15, 0.2) is 0 Å². The van der Waals surface area contributed by atoms with Crippen LogP contribution in [-0.4, -0.2) is 0 Å². The Balaban J connectivity index is 2.42. The molecule has 2 aromatic rings. The fourth-order valence-electron chi connectivity index (χ4n) is 1.82. The monoisotopic (exact) mass is 358 g/mol. The summed E-state index contributed by atoms with van der Waals surface area (Å²) >= 11 is 15.8. The van der Waals surface area contributed by atoms with Gasteiger partial charge in [0.2, 0.25) is 0 Å². The first-order valence-corrected chi connectivity index (χ1v) is 7.36. The quantitative estimate of drug-likeness (QED) is 0.695. The van der Waals surface area contributed by atoms with Crippen LogP contribution in [0, 0.1) is 0 Å². The fraction of sp³-hybridized carbons (Fsp3) is 0.143. The van der Waals surface area contributed by atoms with Crippen molar-refractivity contribution in [3.63, 3.8) is 0 Å². The summed E-state index contributed by atoms with van der Waals surface area (Å²) in [4.78, 5) is 0. The highest BCUT2D eigenvalue weighted by molar-refractivity contribution is 9.10. The van der Waals surface area contributed by atoms with Crippen LogP contribution >= 0.6 is 39.1 Å². The minimum absolute atomic E-state index is 0.509. The molecule has 0 heterocycles. The predicted octanol–water partition coefficient (Wildman–Crippen LogP) is 5.64. The molecule has 0 unspecified atom stereocenters. The Hall–Kier alpha value is -0.900. The van der Waals surface area contributed by atoms with Gasteiger partial charge < -0.3 is 11.1 Å². The van der Waals surface area contributed by atoms with E-state index in [-0.39, 0.29) is 0 Å². The summed E-state index contributed by atoms with van der Waals surface area (Å²) in [6.07, 6.45) is 0.909. The lowest BCUT2D eigenvalue weighted by atomic mass is 10.1. The smallest absolute Gasteiger partial charge is 0.0764 e. The molecule has 0 radical (unpaired) electrons. The maximum Gasteiger partial charge on any atom is 0.0764 e. The van der Waals surface area contributed by atoms with Gasteiger partial charge in [-0.05, 0) is 42.3 Å². The van der Waals surface area contributed by atoms with Crippen LogP contribution in [-0.2, 0) is 6.42 Å². The molecule has 2 nitrogen and oxygen atoms in total. The van der Waals surface area contributed by atoms with E-state index in [2.05, 4.69) is 34.2 Å². The number of nitrogens with two attached hydrogens (primary N) is 1. The zero-order valence-corrected chi connectivity index (χ0v) is 13.4. The Kier molecular flexibility index (Phi) is 4.61. The predicted molar refractivity (Wildman–Crippen MR) is 87.7 cm³/mol. The first-order valence-electron chi connectivity index (χ1n) is 5.81. The van der Waals surface area contributed by atoms with Gasteiger partial charge in [-0.15, -0.1) is 0 Å². The van der Waals surface area contributed by atoms with Gasteiger partial charge in [-0.2, -0.15) is 0 Å². The van der Waals surface area contributed by atoms with E-state index in [9.17, 15) is 0 Å². The molecule has 0 fully saturated rings. The zero-order valence-electron chi connectivity index (χ0n) is 10.3. The van der Waals surface area contributed by atoms with Crippen molar-refractivity contribution in [1.29, 1.82) is 0 Å². The second-order valence-corrected chi connectivity index (χ2v) is 5.87. The molecule has 0 aliphatic carbocycles. The van der Waals surface area contributed by atoms with Crippen LogP contribution in [0.15, 0.2) is 34.8 Å². The van der Waals surface area contributed by atoms with E-state index >= 15 is 0 Å². The van der Waals surface area contributed by atoms with Crippen molar-refractivity contribution in [2.24, 2.45) is 0 Å². The van der Waals surface area contributed by atoms with E-state index in [1.165, 1.54) is 5.56 Å². The highest BCUT2D eigenvalue weighted by atomic mass is 79.9. The molecule has 2 rings (SSSR count). The molecule has 0 aliphatic heterocycles. The van der Waals surface area contributed by atoms with Crippen molar-refractivity contribution in [2.75, 3.05) is 11.1 Å². The van der Waals surface area contributed by atoms with Gasteiger partial charge in [0.05, 0.1) is 15.7 Å². The first kappa shape index (κ1) is 14.5. The lowest BCUT2D eigenvalue weighted by Gasteiger charge is -2.14. The second kappa shape index (κ2) is 6.04. The van der Waals surface area contributed by atoms with Crippen LogP contribution in [0.1, 0.15) is 12.5 Å². The summed E-state index contributed by atoms with van der Waals surface area (Å²) in [6, 6.07) is 9.40. The third-order valence-corrected chi connectivity index (χ3v) is 3.86. The molecule has 0 saturated heterocycles. The van der Waals surface area contributed by atoms with E-state index in [4.69, 9.17) is 28.9 Å². The number of anilines is 3. The lowest BCUT2D eigenvalue weighted by Crippen LogP contribution is -1.98. The van der Waals surface area contributed by atoms with Gasteiger partial charge in [0, 0.05) is 15.8 Å². The third-order valence-electron chi connectivity index (χ3n) is 2.77. The SMILES string of the molecule is CCc1cc(Br)ccc1Nc1c(Cl)cc(N)cc1Cl. The Morgan fingerprint density at radius 1 is 1.16 bits per heavy atom. The van der Waals surface area contributed by atoms with Crippen molar-refractivity contribution in [1.82, 2.24) is 0 Å². The van der Waals surface area contributed by atoms with Crippen molar-refractivity contribution >= 4 is 56.2 Å². The Bertz CT molecular complexity index is 591. The summed E-state index contributed by atoms with van der Waals surface area (Å²) in [5.41, 5.74) is 9.08. The number of nitrogen functional groups attached to an aromatic ring is 1. The molecule has 0 bridgehead atoms. The number of hydrogen-bond acceptors (Lipinski definition) is 2. The van der Waals surface area contributed by atoms with Crippen LogP contribution in [0.5, 0.6) is 0 Å². The van der Waals surface area contributed by atoms with Gasteiger partial charge >= 0.3 is 0 Å². The summed E-state index contributed by atoms with van der Waals surface area (Å²) in [5, 5.41) is 4.29. The highest BCUT2D eigenvalue weighted by Gasteiger charge is 2.09. The van der Waals surface area contributed by atoms with Crippen molar-refractivity contribution < 1.29 is 0 Å². The van der Waals surface area contributed by atoms with E-state index in [0.29, 0.717) is 21.4 Å². The average Bonchev–Trinajstić information content (AvgIpc) is 2.35. The molecule has 0 spiro atoms. The Morgan fingerprint density at radius 3 is 2.37 bits per heavy atom. The van der Waals surface area contributed by atoms with Crippen LogP contribution < -0.4 is 11.1 Å². The molecular weight excluding hydrogens is 347 g/mol. The van der Waals surface area contributed by atoms with E-state index in [0.717, 1.165) is 16.6 Å². The number of hydrogen-bond donors (Lipinski definition) is 2. The van der Waals surface area contributed by atoms with E-state index < -0.39 is 0 Å². The molecule has 0 aromatic heterocycles. The molecule has 5 heteroatoms. The third kappa shape index (κ3) is 3.35. The molecule has 0 atom stereocenters. The number of halogens is 3. The second-order valence-electron chi connectivity index (χ2n) is 4.14. The average molecular weight is 360 g/mol.